The molecule has 0 aromatic heterocycles. The van der Waals surface area contributed by atoms with Crippen molar-refractivity contribution >= 4 is 10.1 Å². The summed E-state index contributed by atoms with van der Waals surface area (Å²) in [5, 5.41) is 0. The van der Waals surface area contributed by atoms with Crippen LogP contribution >= 0.6 is 0 Å². The fourth-order valence-corrected chi connectivity index (χ4v) is 3.78. The Hall–Kier alpha value is -0.130. The van der Waals surface area contributed by atoms with Gasteiger partial charge in [0.05, 0.1) is 33.0 Å². The molecule has 146 valence electrons. The van der Waals surface area contributed by atoms with E-state index in [1.54, 1.807) is 0 Å². The average molecular weight is 365 g/mol. The molecule has 0 aliphatic heterocycles. The number of rotatable bonds is 18. The van der Waals surface area contributed by atoms with Gasteiger partial charge in [0.2, 0.25) is 0 Å². The molecule has 0 amide bonds. The van der Waals surface area contributed by atoms with Crippen LogP contribution in [0.4, 0.5) is 0 Å². The number of quaternary nitrogens is 1. The smallest absolute Gasteiger partial charge is 0.267 e. The van der Waals surface area contributed by atoms with Gasteiger partial charge < -0.3 is 4.90 Å². The zero-order valence-electron chi connectivity index (χ0n) is 16.4. The van der Waals surface area contributed by atoms with Gasteiger partial charge >= 0.3 is 0 Å². The Balaban J connectivity index is 3.29. The van der Waals surface area contributed by atoms with E-state index in [-0.39, 0.29) is 5.75 Å². The molecule has 0 aromatic carbocycles. The lowest BCUT2D eigenvalue weighted by molar-refractivity contribution is -0.858. The summed E-state index contributed by atoms with van der Waals surface area (Å²) in [6.45, 7) is 3.47. The summed E-state index contributed by atoms with van der Waals surface area (Å²) in [6.07, 6.45) is 16.0. The van der Waals surface area contributed by atoms with Crippen LogP contribution in [-0.2, 0) is 14.3 Å². The molecular formula is C19H42NO3S+. The Morgan fingerprint density at radius 1 is 0.708 bits per heavy atom. The predicted molar refractivity (Wildman–Crippen MR) is 103 cm³/mol. The summed E-state index contributed by atoms with van der Waals surface area (Å²) in [4.78, 5) is 1.27. The maximum absolute atomic E-state index is 11.7. The minimum absolute atomic E-state index is 0.149. The number of unbranched alkanes of at least 4 members (excludes halogenated alkanes) is 11. The van der Waals surface area contributed by atoms with Gasteiger partial charge in [0.25, 0.3) is 10.1 Å². The molecule has 0 bridgehead atoms. The minimum Gasteiger partial charge on any atom is -0.340 e. The summed E-state index contributed by atoms with van der Waals surface area (Å²) in [7, 11) is 0.750. The minimum atomic E-state index is -3.31. The highest BCUT2D eigenvalue weighted by Crippen LogP contribution is 2.12. The fraction of sp³-hybridized carbons (Fsp3) is 1.00. The average Bonchev–Trinajstić information content (AvgIpc) is 2.51. The topological polar surface area (TPSA) is 47.8 Å². The van der Waals surface area contributed by atoms with Crippen molar-refractivity contribution in [3.63, 3.8) is 0 Å². The molecule has 0 atom stereocenters. The third kappa shape index (κ3) is 18.2. The van der Waals surface area contributed by atoms with Crippen LogP contribution in [0.1, 0.15) is 90.4 Å². The SMILES string of the molecule is CCCCCCCCCCCCCCOS(=O)(=O)CCC[NH+](C)C. The molecule has 0 aliphatic rings. The van der Waals surface area contributed by atoms with Gasteiger partial charge in [-0.15, -0.1) is 0 Å². The molecule has 5 heteroatoms. The van der Waals surface area contributed by atoms with Crippen molar-refractivity contribution in [3.8, 4) is 0 Å². The van der Waals surface area contributed by atoms with Crippen LogP contribution < -0.4 is 4.90 Å². The van der Waals surface area contributed by atoms with Crippen molar-refractivity contribution in [1.82, 2.24) is 0 Å². The lowest BCUT2D eigenvalue weighted by atomic mass is 10.1. The molecule has 0 aromatic rings. The molecule has 0 fully saturated rings. The van der Waals surface area contributed by atoms with Gasteiger partial charge in [0.1, 0.15) is 0 Å². The third-order valence-corrected chi connectivity index (χ3v) is 5.65. The highest BCUT2D eigenvalue weighted by Gasteiger charge is 2.11. The molecular weight excluding hydrogens is 322 g/mol. The van der Waals surface area contributed by atoms with Gasteiger partial charge in [0.15, 0.2) is 0 Å². The maximum Gasteiger partial charge on any atom is 0.267 e. The molecule has 0 radical (unpaired) electrons. The van der Waals surface area contributed by atoms with E-state index in [4.69, 9.17) is 4.18 Å². The largest absolute Gasteiger partial charge is 0.340 e. The van der Waals surface area contributed by atoms with E-state index in [1.165, 1.54) is 69.1 Å². The second-order valence-corrected chi connectivity index (χ2v) is 9.04. The molecule has 0 saturated heterocycles. The van der Waals surface area contributed by atoms with Crippen LogP contribution in [0.5, 0.6) is 0 Å². The van der Waals surface area contributed by atoms with E-state index in [1.807, 2.05) is 14.1 Å². The third-order valence-electron chi connectivity index (χ3n) is 4.33. The second-order valence-electron chi connectivity index (χ2n) is 7.28. The van der Waals surface area contributed by atoms with E-state index in [0.717, 1.165) is 19.4 Å². The Morgan fingerprint density at radius 3 is 1.62 bits per heavy atom. The Morgan fingerprint density at radius 2 is 1.17 bits per heavy atom. The zero-order chi connectivity index (χ0) is 18.1. The van der Waals surface area contributed by atoms with Crippen molar-refractivity contribution in [2.24, 2.45) is 0 Å². The van der Waals surface area contributed by atoms with E-state index in [2.05, 4.69) is 6.92 Å². The van der Waals surface area contributed by atoms with Crippen LogP contribution in [0.3, 0.4) is 0 Å². The van der Waals surface area contributed by atoms with Gasteiger partial charge in [-0.05, 0) is 6.42 Å². The summed E-state index contributed by atoms with van der Waals surface area (Å²) in [6, 6.07) is 0. The lowest BCUT2D eigenvalue weighted by Crippen LogP contribution is -3.05. The molecule has 0 heterocycles. The summed E-state index contributed by atoms with van der Waals surface area (Å²) < 4.78 is 28.4. The van der Waals surface area contributed by atoms with Crippen molar-refractivity contribution < 1.29 is 17.5 Å². The first-order valence-electron chi connectivity index (χ1n) is 10.1. The molecule has 0 saturated carbocycles. The summed E-state index contributed by atoms with van der Waals surface area (Å²) >= 11 is 0. The van der Waals surface area contributed by atoms with Gasteiger partial charge in [-0.25, -0.2) is 0 Å². The number of nitrogens with one attached hydrogen (secondary N) is 1. The Labute approximate surface area is 151 Å². The van der Waals surface area contributed by atoms with Crippen LogP contribution in [0.25, 0.3) is 0 Å². The van der Waals surface area contributed by atoms with Gasteiger partial charge in [-0.1, -0.05) is 77.6 Å². The van der Waals surface area contributed by atoms with Gasteiger partial charge in [0, 0.05) is 6.42 Å². The van der Waals surface area contributed by atoms with E-state index < -0.39 is 10.1 Å². The van der Waals surface area contributed by atoms with Crippen molar-refractivity contribution in [3.05, 3.63) is 0 Å². The van der Waals surface area contributed by atoms with E-state index in [9.17, 15) is 8.42 Å². The summed E-state index contributed by atoms with van der Waals surface area (Å²) in [5.74, 6) is 0.149. The standard InChI is InChI=1S/C19H41NO3S/c1-4-5-6-7-8-9-10-11-12-13-14-15-18-23-24(21,22)19-16-17-20(2)3/h4-19H2,1-3H3/p+1. The first-order chi connectivity index (χ1) is 11.5. The van der Waals surface area contributed by atoms with Crippen LogP contribution in [0.2, 0.25) is 0 Å². The lowest BCUT2D eigenvalue weighted by Gasteiger charge is -2.08. The van der Waals surface area contributed by atoms with E-state index in [0.29, 0.717) is 13.0 Å². The molecule has 0 aliphatic carbocycles. The highest BCUT2D eigenvalue weighted by atomic mass is 32.2. The van der Waals surface area contributed by atoms with Crippen molar-refractivity contribution in [2.45, 2.75) is 90.4 Å². The molecule has 0 rings (SSSR count). The molecule has 4 nitrogen and oxygen atoms in total. The monoisotopic (exact) mass is 364 g/mol. The van der Waals surface area contributed by atoms with Crippen LogP contribution in [0, 0.1) is 0 Å². The Bertz CT molecular complexity index is 356. The molecule has 1 N–H and O–H groups in total. The van der Waals surface area contributed by atoms with Crippen molar-refractivity contribution in [2.75, 3.05) is 33.0 Å². The number of hydrogen-bond acceptors (Lipinski definition) is 3. The van der Waals surface area contributed by atoms with Gasteiger partial charge in [-0.2, -0.15) is 8.42 Å². The number of hydrogen-bond donors (Lipinski definition) is 1. The Kier molecular flexibility index (Phi) is 16.3. The second kappa shape index (κ2) is 16.3. The quantitative estimate of drug-likeness (QED) is 0.299. The first kappa shape index (κ1) is 23.9. The van der Waals surface area contributed by atoms with Crippen molar-refractivity contribution in [1.29, 1.82) is 0 Å². The van der Waals surface area contributed by atoms with Crippen LogP contribution in [0.15, 0.2) is 0 Å². The normalized spacial score (nSPS) is 12.2. The first-order valence-corrected chi connectivity index (χ1v) is 11.7. The van der Waals surface area contributed by atoms with Gasteiger partial charge in [-0.3, -0.25) is 4.18 Å². The highest BCUT2D eigenvalue weighted by molar-refractivity contribution is 7.86. The van der Waals surface area contributed by atoms with Crippen LogP contribution in [-0.4, -0.2) is 41.4 Å². The fourth-order valence-electron chi connectivity index (χ4n) is 2.79. The zero-order valence-corrected chi connectivity index (χ0v) is 17.3. The van der Waals surface area contributed by atoms with E-state index >= 15 is 0 Å². The summed E-state index contributed by atoms with van der Waals surface area (Å²) in [5.41, 5.74) is 0. The predicted octanol–water partition coefficient (Wildman–Crippen LogP) is 3.57. The molecule has 24 heavy (non-hydrogen) atoms. The molecule has 0 spiro atoms. The molecule has 0 unspecified atom stereocenters. The maximum atomic E-state index is 11.7.